The summed E-state index contributed by atoms with van der Waals surface area (Å²) in [5.74, 6) is -0.451. The van der Waals surface area contributed by atoms with Crippen molar-refractivity contribution in [2.24, 2.45) is 5.92 Å². The molecular formula is C23H24F3N3O3. The number of nitrogens with zero attached hydrogens (tertiary/aromatic N) is 2. The Kier molecular flexibility index (Phi) is 5.87. The molecule has 0 unspecified atom stereocenters. The third kappa shape index (κ3) is 4.18. The highest BCUT2D eigenvalue weighted by Gasteiger charge is 2.34. The van der Waals surface area contributed by atoms with Crippen LogP contribution in [0.3, 0.4) is 0 Å². The summed E-state index contributed by atoms with van der Waals surface area (Å²) < 4.78 is 41.2. The number of aromatic nitrogens is 1. The molecule has 3 aromatic rings. The Bertz CT molecular complexity index is 1130. The van der Waals surface area contributed by atoms with Gasteiger partial charge in [0.1, 0.15) is 0 Å². The van der Waals surface area contributed by atoms with E-state index in [4.69, 9.17) is 10.2 Å². The van der Waals surface area contributed by atoms with Crippen molar-refractivity contribution < 1.29 is 28.2 Å². The van der Waals surface area contributed by atoms with Crippen molar-refractivity contribution in [1.29, 1.82) is 0 Å². The van der Waals surface area contributed by atoms with Gasteiger partial charge in [0.2, 0.25) is 5.91 Å². The first-order valence-corrected chi connectivity index (χ1v) is 10.3. The van der Waals surface area contributed by atoms with Crippen molar-refractivity contribution >= 4 is 22.5 Å². The summed E-state index contributed by atoms with van der Waals surface area (Å²) in [7, 11) is 0. The van der Waals surface area contributed by atoms with Crippen LogP contribution >= 0.6 is 0 Å². The first kappa shape index (κ1) is 22.2. The van der Waals surface area contributed by atoms with Gasteiger partial charge in [-0.25, -0.2) is 0 Å². The molecule has 2 heterocycles. The number of aliphatic hydroxyl groups excluding tert-OH is 2. The molecule has 0 atom stereocenters. The quantitative estimate of drug-likeness (QED) is 0.543. The molecule has 0 saturated carbocycles. The van der Waals surface area contributed by atoms with Gasteiger partial charge in [-0.2, -0.15) is 13.2 Å². The number of carbonyl (C=O) groups excluding carboxylic acids is 1. The minimum atomic E-state index is -4.39. The van der Waals surface area contributed by atoms with Crippen LogP contribution in [0.5, 0.6) is 0 Å². The van der Waals surface area contributed by atoms with Gasteiger partial charge in [0.15, 0.2) is 0 Å². The molecule has 0 radical (unpaired) electrons. The predicted octanol–water partition coefficient (Wildman–Crippen LogP) is 2.86. The Balaban J connectivity index is 1.53. The SMILES string of the molecule is Cc1cn(-c2cccc(N3CC(C(=O)NC(CO)CO)C3)c2)c2ccc(C(F)(F)F)cc12. The summed E-state index contributed by atoms with van der Waals surface area (Å²) in [4.78, 5) is 14.3. The summed E-state index contributed by atoms with van der Waals surface area (Å²) in [6, 6.07) is 10.7. The van der Waals surface area contributed by atoms with Crippen LogP contribution in [0.2, 0.25) is 0 Å². The van der Waals surface area contributed by atoms with Gasteiger partial charge >= 0.3 is 6.18 Å². The first-order valence-electron chi connectivity index (χ1n) is 10.3. The van der Waals surface area contributed by atoms with Gasteiger partial charge in [0.25, 0.3) is 0 Å². The fraction of sp³-hybridized carbons (Fsp3) is 0.348. The van der Waals surface area contributed by atoms with Crippen molar-refractivity contribution in [3.63, 3.8) is 0 Å². The molecule has 0 bridgehead atoms. The lowest BCUT2D eigenvalue weighted by molar-refractivity contribution is -0.137. The average molecular weight is 447 g/mol. The van der Waals surface area contributed by atoms with Crippen molar-refractivity contribution in [3.8, 4) is 5.69 Å². The van der Waals surface area contributed by atoms with Gasteiger partial charge in [0.05, 0.1) is 36.3 Å². The molecule has 1 saturated heterocycles. The zero-order valence-corrected chi connectivity index (χ0v) is 17.4. The Morgan fingerprint density at radius 1 is 1.12 bits per heavy atom. The molecule has 0 aliphatic carbocycles. The van der Waals surface area contributed by atoms with E-state index < -0.39 is 17.8 Å². The molecular weight excluding hydrogens is 423 g/mol. The lowest BCUT2D eigenvalue weighted by Crippen LogP contribution is -2.56. The maximum absolute atomic E-state index is 13.1. The van der Waals surface area contributed by atoms with E-state index >= 15 is 0 Å². The van der Waals surface area contributed by atoms with E-state index in [-0.39, 0.29) is 25.0 Å². The van der Waals surface area contributed by atoms with Crippen molar-refractivity contribution in [1.82, 2.24) is 9.88 Å². The van der Waals surface area contributed by atoms with Gasteiger partial charge in [-0.05, 0) is 48.9 Å². The molecule has 2 aromatic carbocycles. The van der Waals surface area contributed by atoms with Gasteiger partial charge in [-0.3, -0.25) is 4.79 Å². The third-order valence-corrected chi connectivity index (χ3v) is 5.84. The van der Waals surface area contributed by atoms with Gasteiger partial charge in [-0.15, -0.1) is 0 Å². The van der Waals surface area contributed by atoms with Crippen molar-refractivity contribution in [2.75, 3.05) is 31.2 Å². The summed E-state index contributed by atoms with van der Waals surface area (Å²) in [5, 5.41) is 21.4. The lowest BCUT2D eigenvalue weighted by atomic mass is 9.97. The normalized spacial score (nSPS) is 14.8. The average Bonchev–Trinajstić information content (AvgIpc) is 3.06. The number of nitrogens with one attached hydrogen (secondary N) is 1. The second-order valence-corrected chi connectivity index (χ2v) is 8.10. The van der Waals surface area contributed by atoms with Crippen LogP contribution in [0.4, 0.5) is 18.9 Å². The van der Waals surface area contributed by atoms with E-state index in [9.17, 15) is 18.0 Å². The Morgan fingerprint density at radius 3 is 2.47 bits per heavy atom. The summed E-state index contributed by atoms with van der Waals surface area (Å²) in [6.45, 7) is 2.14. The van der Waals surface area contributed by atoms with Crippen LogP contribution < -0.4 is 10.2 Å². The van der Waals surface area contributed by atoms with Crippen LogP contribution in [0.25, 0.3) is 16.6 Å². The molecule has 4 rings (SSSR count). The third-order valence-electron chi connectivity index (χ3n) is 5.84. The van der Waals surface area contributed by atoms with Gasteiger partial charge < -0.3 is 25.0 Å². The van der Waals surface area contributed by atoms with E-state index in [2.05, 4.69) is 5.32 Å². The van der Waals surface area contributed by atoms with E-state index in [1.165, 1.54) is 12.1 Å². The maximum Gasteiger partial charge on any atom is 0.416 e. The topological polar surface area (TPSA) is 77.7 Å². The zero-order valence-electron chi connectivity index (χ0n) is 17.4. The predicted molar refractivity (Wildman–Crippen MR) is 115 cm³/mol. The number of hydrogen-bond acceptors (Lipinski definition) is 4. The van der Waals surface area contributed by atoms with E-state index in [0.717, 1.165) is 23.0 Å². The number of hydrogen-bond donors (Lipinski definition) is 3. The fourth-order valence-electron chi connectivity index (χ4n) is 3.95. The molecule has 9 heteroatoms. The smallest absolute Gasteiger partial charge is 0.394 e. The number of aryl methyl sites for hydroxylation is 1. The minimum absolute atomic E-state index is 0.210. The van der Waals surface area contributed by atoms with E-state index in [1.54, 1.807) is 6.92 Å². The largest absolute Gasteiger partial charge is 0.416 e. The molecule has 32 heavy (non-hydrogen) atoms. The number of halogens is 3. The fourth-order valence-corrected chi connectivity index (χ4v) is 3.95. The molecule has 6 nitrogen and oxygen atoms in total. The van der Waals surface area contributed by atoms with Crippen LogP contribution in [0.1, 0.15) is 11.1 Å². The molecule has 1 fully saturated rings. The minimum Gasteiger partial charge on any atom is -0.394 e. The zero-order chi connectivity index (χ0) is 23.0. The van der Waals surface area contributed by atoms with Crippen molar-refractivity contribution in [3.05, 3.63) is 59.8 Å². The van der Waals surface area contributed by atoms with E-state index in [1.807, 2.05) is 39.9 Å². The molecule has 1 aliphatic heterocycles. The summed E-state index contributed by atoms with van der Waals surface area (Å²) in [5.41, 5.74) is 2.48. The number of amides is 1. The van der Waals surface area contributed by atoms with Crippen LogP contribution in [-0.2, 0) is 11.0 Å². The standard InChI is InChI=1S/C23H24F3N3O3/c1-14-9-29(21-6-5-16(7-20(14)21)23(24,25)26)19-4-2-3-18(8-19)28-10-15(11-28)22(32)27-17(12-30)13-31/h2-9,15,17,30-31H,10-13H2,1H3,(H,27,32). The van der Waals surface area contributed by atoms with E-state index in [0.29, 0.717) is 24.0 Å². The number of alkyl halides is 3. The second kappa shape index (κ2) is 8.48. The molecule has 1 aromatic heterocycles. The molecule has 3 N–H and O–H groups in total. The number of anilines is 1. The summed E-state index contributed by atoms with van der Waals surface area (Å²) in [6.07, 6.45) is -2.57. The number of benzene rings is 2. The number of aliphatic hydroxyl groups is 2. The molecule has 1 aliphatic rings. The highest BCUT2D eigenvalue weighted by atomic mass is 19.4. The number of rotatable bonds is 6. The molecule has 1 amide bonds. The first-order chi connectivity index (χ1) is 15.2. The van der Waals surface area contributed by atoms with Crippen LogP contribution in [0, 0.1) is 12.8 Å². The highest BCUT2D eigenvalue weighted by molar-refractivity contribution is 5.86. The molecule has 170 valence electrons. The monoisotopic (exact) mass is 447 g/mol. The van der Waals surface area contributed by atoms with Crippen molar-refractivity contribution in [2.45, 2.75) is 19.1 Å². The van der Waals surface area contributed by atoms with Crippen LogP contribution in [-0.4, -0.2) is 53.0 Å². The maximum atomic E-state index is 13.1. The Morgan fingerprint density at radius 2 is 1.81 bits per heavy atom. The molecule has 0 spiro atoms. The van der Waals surface area contributed by atoms with Crippen LogP contribution in [0.15, 0.2) is 48.7 Å². The summed E-state index contributed by atoms with van der Waals surface area (Å²) >= 11 is 0. The lowest BCUT2D eigenvalue weighted by Gasteiger charge is -2.40. The van der Waals surface area contributed by atoms with Gasteiger partial charge in [-0.1, -0.05) is 6.07 Å². The number of carbonyl (C=O) groups is 1. The Hall–Kier alpha value is -3.04. The van der Waals surface area contributed by atoms with Gasteiger partial charge in [0, 0.05) is 36.0 Å². The Labute approximate surface area is 182 Å². The second-order valence-electron chi connectivity index (χ2n) is 8.10. The highest BCUT2D eigenvalue weighted by Crippen LogP contribution is 2.34. The number of fused-ring (bicyclic) bond motifs is 1.